The minimum absolute atomic E-state index is 0.0250. The summed E-state index contributed by atoms with van der Waals surface area (Å²) in [6.45, 7) is 5.94. The lowest BCUT2D eigenvalue weighted by molar-refractivity contribution is -0.111. The molecule has 1 aromatic carbocycles. The number of rotatable bonds is 8. The number of nitrogens with zero attached hydrogens (tertiary/aromatic N) is 5. The van der Waals surface area contributed by atoms with E-state index in [0.29, 0.717) is 54.1 Å². The molecule has 5 rings (SSSR count). The fourth-order valence-electron chi connectivity index (χ4n) is 4.22. The van der Waals surface area contributed by atoms with Crippen molar-refractivity contribution in [1.82, 2.24) is 19.9 Å². The second-order valence-corrected chi connectivity index (χ2v) is 8.59. The van der Waals surface area contributed by atoms with Crippen molar-refractivity contribution in [1.29, 1.82) is 0 Å². The lowest BCUT2D eigenvalue weighted by Gasteiger charge is -2.33. The molecule has 1 amide bonds. The van der Waals surface area contributed by atoms with E-state index < -0.39 is 0 Å². The van der Waals surface area contributed by atoms with E-state index in [9.17, 15) is 4.79 Å². The number of benzene rings is 1. The molecule has 1 aliphatic rings. The number of fused-ring (bicyclic) bond motifs is 1. The smallest absolute Gasteiger partial charge is 0.247 e. The first-order valence-corrected chi connectivity index (χ1v) is 12.1. The lowest BCUT2D eigenvalue weighted by atomic mass is 10.1. The molecule has 194 valence electrons. The van der Waals surface area contributed by atoms with Crippen LogP contribution in [0.25, 0.3) is 22.2 Å². The Bertz CT molecular complexity index is 1480. The van der Waals surface area contributed by atoms with Gasteiger partial charge in [0.15, 0.2) is 0 Å². The number of amides is 1. The lowest BCUT2D eigenvalue weighted by Crippen LogP contribution is -2.46. The maximum atomic E-state index is 11.7. The third-order valence-corrected chi connectivity index (χ3v) is 6.11. The van der Waals surface area contributed by atoms with Gasteiger partial charge in [0.25, 0.3) is 0 Å². The highest BCUT2D eigenvalue weighted by molar-refractivity contribution is 5.99. The van der Waals surface area contributed by atoms with E-state index in [0.717, 1.165) is 23.3 Å². The Morgan fingerprint density at radius 3 is 2.97 bits per heavy atom. The zero-order valence-electron chi connectivity index (χ0n) is 20.9. The van der Waals surface area contributed by atoms with Crippen molar-refractivity contribution in [3.8, 4) is 17.1 Å². The molecule has 0 bridgehead atoms. The van der Waals surface area contributed by atoms with Gasteiger partial charge in [-0.25, -0.2) is 9.97 Å². The molecule has 0 spiro atoms. The number of nitrogens with two attached hydrogens (primary N) is 1. The highest BCUT2D eigenvalue weighted by Crippen LogP contribution is 2.31. The van der Waals surface area contributed by atoms with Crippen LogP contribution in [0, 0.1) is 0 Å². The minimum atomic E-state index is -0.296. The van der Waals surface area contributed by atoms with Gasteiger partial charge in [-0.3, -0.25) is 9.78 Å². The zero-order valence-corrected chi connectivity index (χ0v) is 20.9. The van der Waals surface area contributed by atoms with Gasteiger partial charge in [0.05, 0.1) is 31.0 Å². The first-order valence-electron chi connectivity index (χ1n) is 12.1. The van der Waals surface area contributed by atoms with Crippen LogP contribution in [0.1, 0.15) is 0 Å². The molecular weight excluding hydrogens is 484 g/mol. The summed E-state index contributed by atoms with van der Waals surface area (Å²) >= 11 is 0. The molecule has 0 saturated carbocycles. The summed E-state index contributed by atoms with van der Waals surface area (Å²) in [6.07, 6.45) is 4.57. The van der Waals surface area contributed by atoms with Crippen LogP contribution in [-0.2, 0) is 9.53 Å². The molecule has 11 nitrogen and oxygen atoms in total. The highest BCUT2D eigenvalue weighted by Gasteiger charge is 2.21. The molecule has 1 unspecified atom stereocenters. The summed E-state index contributed by atoms with van der Waals surface area (Å²) in [5.41, 5.74) is 9.18. The Labute approximate surface area is 219 Å². The van der Waals surface area contributed by atoms with E-state index in [1.807, 2.05) is 30.3 Å². The monoisotopic (exact) mass is 512 g/mol. The largest absolute Gasteiger partial charge is 0.479 e. The fourth-order valence-corrected chi connectivity index (χ4v) is 4.22. The van der Waals surface area contributed by atoms with Crippen molar-refractivity contribution in [3.63, 3.8) is 0 Å². The summed E-state index contributed by atoms with van der Waals surface area (Å²) in [4.78, 5) is 32.3. The number of anilines is 4. The number of morpholine rings is 1. The van der Waals surface area contributed by atoms with Crippen LogP contribution in [0.3, 0.4) is 0 Å². The average molecular weight is 513 g/mol. The molecule has 3 aromatic heterocycles. The fraction of sp³-hybridized carbons (Fsp3) is 0.222. The van der Waals surface area contributed by atoms with Crippen LogP contribution in [0.15, 0.2) is 67.5 Å². The standard InChI is InChI=1S/C27H28N8O3/c1-3-24(36)31-18-9-10-29-22(13-18)20-6-4-5-17-15-30-27(34-25(17)20)32-21-7-8-23(33-26(21)37-2)35-11-12-38-19(14-28)16-35/h3-10,13,15,19H,1,11-12,14,16,28H2,2H3,(H,29,31,36)(H,30,32,34). The first kappa shape index (κ1) is 25.1. The van der Waals surface area contributed by atoms with Crippen LogP contribution < -0.4 is 26.0 Å². The van der Waals surface area contributed by atoms with E-state index in [1.54, 1.807) is 31.6 Å². The van der Waals surface area contributed by atoms with Gasteiger partial charge in [-0.2, -0.15) is 4.98 Å². The Morgan fingerprint density at radius 2 is 2.16 bits per heavy atom. The van der Waals surface area contributed by atoms with Crippen molar-refractivity contribution < 1.29 is 14.3 Å². The normalized spacial score (nSPS) is 15.2. The van der Waals surface area contributed by atoms with Crippen molar-refractivity contribution in [3.05, 3.63) is 67.5 Å². The average Bonchev–Trinajstić information content (AvgIpc) is 2.97. The van der Waals surface area contributed by atoms with Crippen LogP contribution >= 0.6 is 0 Å². The Kier molecular flexibility index (Phi) is 7.38. The molecule has 4 heterocycles. The minimum Gasteiger partial charge on any atom is -0.479 e. The number of aromatic nitrogens is 4. The van der Waals surface area contributed by atoms with Gasteiger partial charge in [0, 0.05) is 48.7 Å². The van der Waals surface area contributed by atoms with E-state index in [4.69, 9.17) is 20.2 Å². The number of pyridine rings is 2. The summed E-state index contributed by atoms with van der Waals surface area (Å²) in [5, 5.41) is 6.83. The van der Waals surface area contributed by atoms with Crippen LogP contribution in [0.4, 0.5) is 23.1 Å². The van der Waals surface area contributed by atoms with E-state index in [1.165, 1.54) is 6.08 Å². The first-order chi connectivity index (χ1) is 18.6. The zero-order chi connectivity index (χ0) is 26.5. The summed E-state index contributed by atoms with van der Waals surface area (Å²) in [7, 11) is 1.57. The molecule has 38 heavy (non-hydrogen) atoms. The molecule has 1 saturated heterocycles. The molecule has 4 aromatic rings. The molecule has 4 N–H and O–H groups in total. The van der Waals surface area contributed by atoms with Crippen LogP contribution in [0.2, 0.25) is 0 Å². The molecular formula is C27H28N8O3. The number of methoxy groups -OCH3 is 1. The third kappa shape index (κ3) is 5.38. The number of ether oxygens (including phenoxy) is 2. The number of nitrogens with one attached hydrogen (secondary N) is 2. The molecule has 11 heteroatoms. The van der Waals surface area contributed by atoms with Gasteiger partial charge in [-0.05, 0) is 30.3 Å². The van der Waals surface area contributed by atoms with Gasteiger partial charge in [-0.15, -0.1) is 0 Å². The maximum absolute atomic E-state index is 11.7. The number of hydrogen-bond donors (Lipinski definition) is 3. The van der Waals surface area contributed by atoms with E-state index in [-0.39, 0.29) is 12.0 Å². The van der Waals surface area contributed by atoms with Crippen molar-refractivity contribution in [2.24, 2.45) is 5.73 Å². The highest BCUT2D eigenvalue weighted by atomic mass is 16.5. The van der Waals surface area contributed by atoms with Crippen molar-refractivity contribution in [2.75, 3.05) is 48.9 Å². The summed E-state index contributed by atoms with van der Waals surface area (Å²) in [5.74, 6) is 1.28. The quantitative estimate of drug-likeness (QED) is 0.302. The van der Waals surface area contributed by atoms with Crippen molar-refractivity contribution >= 4 is 40.0 Å². The number of hydrogen-bond acceptors (Lipinski definition) is 10. The Hall–Kier alpha value is -4.61. The van der Waals surface area contributed by atoms with Gasteiger partial charge >= 0.3 is 0 Å². The molecule has 1 fully saturated rings. The Morgan fingerprint density at radius 1 is 1.26 bits per heavy atom. The van der Waals surface area contributed by atoms with E-state index in [2.05, 4.69) is 37.1 Å². The van der Waals surface area contributed by atoms with Gasteiger partial charge in [0.1, 0.15) is 11.5 Å². The maximum Gasteiger partial charge on any atom is 0.247 e. The summed E-state index contributed by atoms with van der Waals surface area (Å²) in [6, 6.07) is 13.1. The van der Waals surface area contributed by atoms with Gasteiger partial charge < -0.3 is 30.7 Å². The van der Waals surface area contributed by atoms with Crippen LogP contribution in [0.5, 0.6) is 5.88 Å². The third-order valence-electron chi connectivity index (χ3n) is 6.11. The molecule has 1 aliphatic heterocycles. The molecule has 0 radical (unpaired) electrons. The number of carbonyl (C=O) groups is 1. The number of para-hydroxylation sites is 1. The second-order valence-electron chi connectivity index (χ2n) is 8.59. The van der Waals surface area contributed by atoms with Crippen LogP contribution in [-0.4, -0.2) is 65.3 Å². The molecule has 1 atom stereocenters. The van der Waals surface area contributed by atoms with E-state index >= 15 is 0 Å². The second kappa shape index (κ2) is 11.2. The summed E-state index contributed by atoms with van der Waals surface area (Å²) < 4.78 is 11.2. The Balaban J connectivity index is 1.44. The molecule has 0 aliphatic carbocycles. The van der Waals surface area contributed by atoms with Gasteiger partial charge in [-0.1, -0.05) is 24.8 Å². The topological polar surface area (TPSA) is 140 Å². The number of carbonyl (C=O) groups excluding carboxylic acids is 1. The van der Waals surface area contributed by atoms with Crippen molar-refractivity contribution in [2.45, 2.75) is 6.10 Å². The van der Waals surface area contributed by atoms with Gasteiger partial charge in [0.2, 0.25) is 17.7 Å². The predicted octanol–water partition coefficient (Wildman–Crippen LogP) is 3.13. The predicted molar refractivity (Wildman–Crippen MR) is 147 cm³/mol. The SMILES string of the molecule is C=CC(=O)Nc1ccnc(-c2cccc3cnc(Nc4ccc(N5CCOC(CN)C5)nc4OC)nc23)c1.